The van der Waals surface area contributed by atoms with Crippen molar-refractivity contribution in [2.45, 2.75) is 19.6 Å². The van der Waals surface area contributed by atoms with E-state index in [9.17, 15) is 18.0 Å². The van der Waals surface area contributed by atoms with Gasteiger partial charge in [0.1, 0.15) is 6.54 Å². The molecule has 0 unspecified atom stereocenters. The highest BCUT2D eigenvalue weighted by atomic mass is 19.4. The van der Waals surface area contributed by atoms with Crippen LogP contribution in [0.5, 0.6) is 0 Å². The van der Waals surface area contributed by atoms with Crippen molar-refractivity contribution in [1.82, 2.24) is 20.4 Å². The number of hydrogen-bond acceptors (Lipinski definition) is 4. The number of halogens is 3. The fourth-order valence-electron chi connectivity index (χ4n) is 1.04. The lowest BCUT2D eigenvalue weighted by molar-refractivity contribution is -0.137. The van der Waals surface area contributed by atoms with Crippen molar-refractivity contribution < 1.29 is 22.4 Å². The van der Waals surface area contributed by atoms with Crippen LogP contribution < -0.4 is 5.32 Å². The lowest BCUT2D eigenvalue weighted by Gasteiger charge is -2.18. The highest BCUT2D eigenvalue weighted by Gasteiger charge is 2.31. The summed E-state index contributed by atoms with van der Waals surface area (Å²) >= 11 is 0. The molecule has 0 saturated heterocycles. The molecule has 6 nitrogen and oxygen atoms in total. The molecule has 0 spiro atoms. The SMILES string of the molecule is Cc1nnc(CNC(=O)N(C)CC(F)(F)F)o1. The predicted octanol–water partition coefficient (Wildman–Crippen LogP) is 1.08. The van der Waals surface area contributed by atoms with Gasteiger partial charge >= 0.3 is 12.2 Å². The second-order valence-electron chi connectivity index (χ2n) is 3.34. The van der Waals surface area contributed by atoms with Crippen molar-refractivity contribution in [3.63, 3.8) is 0 Å². The van der Waals surface area contributed by atoms with E-state index in [-0.39, 0.29) is 12.4 Å². The molecule has 1 heterocycles. The number of rotatable bonds is 3. The number of carbonyl (C=O) groups is 1. The van der Waals surface area contributed by atoms with E-state index in [2.05, 4.69) is 15.5 Å². The molecule has 17 heavy (non-hydrogen) atoms. The molecule has 1 N–H and O–H groups in total. The van der Waals surface area contributed by atoms with Crippen LogP contribution in [0.2, 0.25) is 0 Å². The molecule has 0 atom stereocenters. The number of urea groups is 1. The highest BCUT2D eigenvalue weighted by Crippen LogP contribution is 2.15. The Hall–Kier alpha value is -1.80. The average molecular weight is 252 g/mol. The normalized spacial score (nSPS) is 11.4. The fourth-order valence-corrected chi connectivity index (χ4v) is 1.04. The van der Waals surface area contributed by atoms with Crippen LogP contribution in [-0.4, -0.2) is 40.9 Å². The summed E-state index contributed by atoms with van der Waals surface area (Å²) < 4.78 is 40.8. The van der Waals surface area contributed by atoms with E-state index in [1.807, 2.05) is 0 Å². The van der Waals surface area contributed by atoms with E-state index in [0.29, 0.717) is 10.8 Å². The van der Waals surface area contributed by atoms with Gasteiger partial charge in [0.05, 0.1) is 6.54 Å². The molecule has 0 aromatic carbocycles. The first kappa shape index (κ1) is 13.3. The minimum absolute atomic E-state index is 0.109. The second-order valence-corrected chi connectivity index (χ2v) is 3.34. The number of amides is 2. The molecule has 1 aromatic heterocycles. The number of alkyl halides is 3. The van der Waals surface area contributed by atoms with Gasteiger partial charge in [-0.15, -0.1) is 10.2 Å². The van der Waals surface area contributed by atoms with Crippen LogP contribution in [0.25, 0.3) is 0 Å². The maximum absolute atomic E-state index is 12.0. The summed E-state index contributed by atoms with van der Waals surface area (Å²) in [6.45, 7) is 0.137. The zero-order valence-corrected chi connectivity index (χ0v) is 9.21. The number of nitrogens with one attached hydrogen (secondary N) is 1. The van der Waals surface area contributed by atoms with E-state index >= 15 is 0 Å². The number of aromatic nitrogens is 2. The van der Waals surface area contributed by atoms with Gasteiger partial charge < -0.3 is 14.6 Å². The van der Waals surface area contributed by atoms with Gasteiger partial charge in [-0.1, -0.05) is 0 Å². The zero-order valence-electron chi connectivity index (χ0n) is 9.21. The molecule has 0 aliphatic heterocycles. The first-order chi connectivity index (χ1) is 7.78. The number of hydrogen-bond donors (Lipinski definition) is 1. The van der Waals surface area contributed by atoms with Gasteiger partial charge in [-0.2, -0.15) is 13.2 Å². The summed E-state index contributed by atoms with van der Waals surface area (Å²) in [7, 11) is 1.04. The monoisotopic (exact) mass is 252 g/mol. The Morgan fingerprint density at radius 1 is 1.47 bits per heavy atom. The maximum Gasteiger partial charge on any atom is 0.406 e. The molecular weight excluding hydrogens is 241 g/mol. The van der Waals surface area contributed by atoms with Gasteiger partial charge in [0.2, 0.25) is 11.8 Å². The lowest BCUT2D eigenvalue weighted by Crippen LogP contribution is -2.42. The van der Waals surface area contributed by atoms with Gasteiger partial charge in [0.15, 0.2) is 0 Å². The number of carbonyl (C=O) groups excluding carboxylic acids is 1. The first-order valence-electron chi connectivity index (χ1n) is 4.62. The molecule has 2 amide bonds. The van der Waals surface area contributed by atoms with E-state index in [1.165, 1.54) is 0 Å². The summed E-state index contributed by atoms with van der Waals surface area (Å²) in [4.78, 5) is 11.7. The van der Waals surface area contributed by atoms with Crippen molar-refractivity contribution in [1.29, 1.82) is 0 Å². The van der Waals surface area contributed by atoms with E-state index < -0.39 is 18.8 Å². The van der Waals surface area contributed by atoms with Crippen LogP contribution in [0, 0.1) is 6.92 Å². The van der Waals surface area contributed by atoms with Crippen molar-refractivity contribution in [3.8, 4) is 0 Å². The van der Waals surface area contributed by atoms with Gasteiger partial charge in [-0.05, 0) is 0 Å². The van der Waals surface area contributed by atoms with Crippen LogP contribution >= 0.6 is 0 Å². The molecule has 0 saturated carbocycles. The quantitative estimate of drug-likeness (QED) is 0.873. The topological polar surface area (TPSA) is 71.3 Å². The Morgan fingerprint density at radius 2 is 2.12 bits per heavy atom. The van der Waals surface area contributed by atoms with Gasteiger partial charge in [-0.3, -0.25) is 0 Å². The highest BCUT2D eigenvalue weighted by molar-refractivity contribution is 5.73. The summed E-state index contributed by atoms with van der Waals surface area (Å²) in [6.07, 6.45) is -4.42. The van der Waals surface area contributed by atoms with Crippen LogP contribution in [-0.2, 0) is 6.54 Å². The smallest absolute Gasteiger partial charge is 0.406 e. The van der Waals surface area contributed by atoms with Crippen LogP contribution in [0.1, 0.15) is 11.8 Å². The van der Waals surface area contributed by atoms with Crippen LogP contribution in [0.15, 0.2) is 4.42 Å². The molecule has 0 aliphatic rings. The lowest BCUT2D eigenvalue weighted by atomic mass is 10.5. The molecule has 0 bridgehead atoms. The largest absolute Gasteiger partial charge is 0.424 e. The number of nitrogens with zero attached hydrogens (tertiary/aromatic N) is 3. The summed E-state index contributed by atoms with van der Waals surface area (Å²) in [6, 6.07) is -0.863. The Balaban J connectivity index is 2.39. The maximum atomic E-state index is 12.0. The van der Waals surface area contributed by atoms with Gasteiger partial charge in [0, 0.05) is 14.0 Å². The molecule has 9 heteroatoms. The Kier molecular flexibility index (Phi) is 3.92. The Labute approximate surface area is 94.8 Å². The molecule has 0 radical (unpaired) electrons. The summed E-state index contributed by atoms with van der Waals surface area (Å²) in [5.41, 5.74) is 0. The van der Waals surface area contributed by atoms with E-state index in [4.69, 9.17) is 4.42 Å². The Bertz CT molecular complexity index is 390. The predicted molar refractivity (Wildman–Crippen MR) is 50.0 cm³/mol. The van der Waals surface area contributed by atoms with E-state index in [1.54, 1.807) is 6.92 Å². The zero-order chi connectivity index (χ0) is 13.1. The average Bonchev–Trinajstić information content (AvgIpc) is 2.58. The van der Waals surface area contributed by atoms with Crippen LogP contribution in [0.4, 0.5) is 18.0 Å². The second kappa shape index (κ2) is 5.02. The summed E-state index contributed by atoms with van der Waals surface area (Å²) in [5.74, 6) is 0.453. The van der Waals surface area contributed by atoms with Crippen molar-refractivity contribution in [2.75, 3.05) is 13.6 Å². The Morgan fingerprint density at radius 3 is 2.59 bits per heavy atom. The molecular formula is C8H11F3N4O2. The van der Waals surface area contributed by atoms with Crippen LogP contribution in [0.3, 0.4) is 0 Å². The van der Waals surface area contributed by atoms with Crippen molar-refractivity contribution in [3.05, 3.63) is 11.8 Å². The third kappa shape index (κ3) is 4.70. The molecule has 96 valence electrons. The standard InChI is InChI=1S/C8H11F3N4O2/c1-5-13-14-6(17-5)3-12-7(16)15(2)4-8(9,10)11/h3-4H2,1-2H3,(H,12,16). The van der Waals surface area contributed by atoms with Crippen molar-refractivity contribution >= 4 is 6.03 Å². The molecule has 1 rings (SSSR count). The van der Waals surface area contributed by atoms with Crippen molar-refractivity contribution in [2.24, 2.45) is 0 Å². The van der Waals surface area contributed by atoms with E-state index in [0.717, 1.165) is 7.05 Å². The minimum Gasteiger partial charge on any atom is -0.424 e. The molecule has 1 aromatic rings. The third-order valence-corrected chi connectivity index (χ3v) is 1.72. The first-order valence-corrected chi connectivity index (χ1v) is 4.62. The summed E-state index contributed by atoms with van der Waals surface area (Å²) in [5, 5.41) is 9.31. The third-order valence-electron chi connectivity index (χ3n) is 1.72. The van der Waals surface area contributed by atoms with Gasteiger partial charge in [-0.25, -0.2) is 4.79 Å². The van der Waals surface area contributed by atoms with Gasteiger partial charge in [0.25, 0.3) is 0 Å². The fraction of sp³-hybridized carbons (Fsp3) is 0.625. The molecule has 0 fully saturated rings. The number of aryl methyl sites for hydroxylation is 1. The minimum atomic E-state index is -4.42. The molecule has 0 aliphatic carbocycles.